The summed E-state index contributed by atoms with van der Waals surface area (Å²) in [5.74, 6) is 0.813. The molecule has 0 radical (unpaired) electrons. The van der Waals surface area contributed by atoms with Crippen LogP contribution in [-0.4, -0.2) is 53.5 Å². The number of likely N-dealkylation sites (tertiary alicyclic amines) is 1. The van der Waals surface area contributed by atoms with Crippen LogP contribution in [-0.2, 0) is 16.0 Å². The van der Waals surface area contributed by atoms with Crippen molar-refractivity contribution in [3.8, 4) is 0 Å². The molecule has 21 heavy (non-hydrogen) atoms. The summed E-state index contributed by atoms with van der Waals surface area (Å²) in [7, 11) is 3.46. The molecular formula is C15H23N3O3. The zero-order valence-electron chi connectivity index (χ0n) is 13.2. The van der Waals surface area contributed by atoms with Gasteiger partial charge in [0.1, 0.15) is 11.8 Å². The Hall–Kier alpha value is -1.85. The molecule has 1 atom stereocenters. The lowest BCUT2D eigenvalue weighted by Gasteiger charge is -2.26. The van der Waals surface area contributed by atoms with Crippen molar-refractivity contribution < 1.29 is 14.1 Å². The number of rotatable bonds is 4. The molecule has 1 fully saturated rings. The van der Waals surface area contributed by atoms with Crippen LogP contribution >= 0.6 is 0 Å². The van der Waals surface area contributed by atoms with E-state index in [0.717, 1.165) is 29.9 Å². The molecule has 0 saturated carbocycles. The summed E-state index contributed by atoms with van der Waals surface area (Å²) in [6.45, 7) is 4.41. The second-order valence-corrected chi connectivity index (χ2v) is 5.78. The molecular weight excluding hydrogens is 270 g/mol. The number of hydrogen-bond donors (Lipinski definition) is 0. The molecule has 2 amide bonds. The van der Waals surface area contributed by atoms with E-state index in [2.05, 4.69) is 5.16 Å². The van der Waals surface area contributed by atoms with Crippen molar-refractivity contribution in [2.75, 3.05) is 20.6 Å². The first kappa shape index (κ1) is 15.5. The highest BCUT2D eigenvalue weighted by atomic mass is 16.5. The summed E-state index contributed by atoms with van der Waals surface area (Å²) < 4.78 is 5.11. The molecule has 0 aromatic carbocycles. The van der Waals surface area contributed by atoms with Gasteiger partial charge in [-0.25, -0.2) is 0 Å². The second-order valence-electron chi connectivity index (χ2n) is 5.78. The van der Waals surface area contributed by atoms with Gasteiger partial charge in [0.2, 0.25) is 11.8 Å². The minimum atomic E-state index is -0.294. The average Bonchev–Trinajstić information content (AvgIpc) is 3.03. The maximum absolute atomic E-state index is 12.4. The summed E-state index contributed by atoms with van der Waals surface area (Å²) in [5.41, 5.74) is 1.83. The molecule has 1 aromatic heterocycles. The van der Waals surface area contributed by atoms with Crippen molar-refractivity contribution in [3.63, 3.8) is 0 Å². The van der Waals surface area contributed by atoms with E-state index < -0.39 is 0 Å². The third kappa shape index (κ3) is 3.25. The lowest BCUT2D eigenvalue weighted by atomic mass is 10.1. The fraction of sp³-hybridized carbons (Fsp3) is 0.667. The van der Waals surface area contributed by atoms with E-state index in [4.69, 9.17) is 4.52 Å². The van der Waals surface area contributed by atoms with Crippen molar-refractivity contribution in [2.45, 2.75) is 45.6 Å². The minimum Gasteiger partial charge on any atom is -0.361 e. The van der Waals surface area contributed by atoms with Gasteiger partial charge in [-0.1, -0.05) is 5.16 Å². The third-order valence-electron chi connectivity index (χ3n) is 4.07. The number of aryl methyl sites for hydroxylation is 2. The largest absolute Gasteiger partial charge is 0.361 e. The smallest absolute Gasteiger partial charge is 0.244 e. The molecule has 1 unspecified atom stereocenters. The van der Waals surface area contributed by atoms with Gasteiger partial charge in [0, 0.05) is 32.6 Å². The summed E-state index contributed by atoms with van der Waals surface area (Å²) in [4.78, 5) is 27.8. The van der Waals surface area contributed by atoms with Crippen LogP contribution in [0, 0.1) is 13.8 Å². The Bertz CT molecular complexity index is 517. The van der Waals surface area contributed by atoms with Gasteiger partial charge < -0.3 is 14.3 Å². The minimum absolute atomic E-state index is 0.0122. The van der Waals surface area contributed by atoms with Crippen molar-refractivity contribution in [1.82, 2.24) is 15.0 Å². The van der Waals surface area contributed by atoms with Crippen LogP contribution in [0.1, 0.15) is 36.3 Å². The summed E-state index contributed by atoms with van der Waals surface area (Å²) in [6, 6.07) is -0.294. The van der Waals surface area contributed by atoms with Gasteiger partial charge in [-0.2, -0.15) is 0 Å². The van der Waals surface area contributed by atoms with Gasteiger partial charge in [0.25, 0.3) is 0 Å². The highest BCUT2D eigenvalue weighted by Crippen LogP contribution is 2.21. The first-order valence-corrected chi connectivity index (χ1v) is 7.34. The van der Waals surface area contributed by atoms with Crippen molar-refractivity contribution in [2.24, 2.45) is 0 Å². The highest BCUT2D eigenvalue weighted by molar-refractivity contribution is 5.88. The predicted molar refractivity (Wildman–Crippen MR) is 77.7 cm³/mol. The monoisotopic (exact) mass is 293 g/mol. The number of nitrogens with zero attached hydrogens (tertiary/aromatic N) is 3. The number of carbonyl (C=O) groups is 2. The summed E-state index contributed by atoms with van der Waals surface area (Å²) in [5, 5.41) is 3.90. The number of amides is 2. The molecule has 6 heteroatoms. The Morgan fingerprint density at radius 3 is 2.67 bits per heavy atom. The van der Waals surface area contributed by atoms with Gasteiger partial charge in [-0.3, -0.25) is 9.59 Å². The number of hydrogen-bond acceptors (Lipinski definition) is 4. The van der Waals surface area contributed by atoms with E-state index in [1.165, 1.54) is 0 Å². The average molecular weight is 293 g/mol. The fourth-order valence-corrected chi connectivity index (χ4v) is 2.85. The molecule has 0 aliphatic carbocycles. The van der Waals surface area contributed by atoms with Gasteiger partial charge in [-0.05, 0) is 33.1 Å². The van der Waals surface area contributed by atoms with E-state index in [1.54, 1.807) is 23.9 Å². The summed E-state index contributed by atoms with van der Waals surface area (Å²) in [6.07, 6.45) is 2.65. The third-order valence-corrected chi connectivity index (χ3v) is 4.07. The van der Waals surface area contributed by atoms with Crippen LogP contribution in [0.2, 0.25) is 0 Å². The van der Waals surface area contributed by atoms with Crippen LogP contribution in [0.25, 0.3) is 0 Å². The number of aromatic nitrogens is 1. The van der Waals surface area contributed by atoms with E-state index in [1.807, 2.05) is 13.8 Å². The van der Waals surface area contributed by atoms with Crippen LogP contribution in [0.15, 0.2) is 4.52 Å². The molecule has 0 spiro atoms. The highest BCUT2D eigenvalue weighted by Gasteiger charge is 2.34. The Morgan fingerprint density at radius 2 is 2.10 bits per heavy atom. The predicted octanol–water partition coefficient (Wildman–Crippen LogP) is 1.30. The molecule has 6 nitrogen and oxygen atoms in total. The number of carbonyl (C=O) groups excluding carboxylic acids is 2. The van der Waals surface area contributed by atoms with E-state index in [-0.39, 0.29) is 17.9 Å². The van der Waals surface area contributed by atoms with Crippen LogP contribution in [0.3, 0.4) is 0 Å². The standard InChI is InChI=1S/C15H23N3O3/c1-10-12(11(2)21-16-10)7-8-14(19)18-9-5-6-13(18)15(20)17(3)4/h13H,5-9H2,1-4H3. The molecule has 116 valence electrons. The Morgan fingerprint density at radius 1 is 1.38 bits per heavy atom. The summed E-state index contributed by atoms with van der Waals surface area (Å²) >= 11 is 0. The lowest BCUT2D eigenvalue weighted by molar-refractivity contribution is -0.142. The quantitative estimate of drug-likeness (QED) is 0.839. The van der Waals surface area contributed by atoms with Crippen molar-refractivity contribution in [1.29, 1.82) is 0 Å². The van der Waals surface area contributed by atoms with Crippen LogP contribution < -0.4 is 0 Å². The first-order valence-electron chi connectivity index (χ1n) is 7.34. The van der Waals surface area contributed by atoms with Crippen molar-refractivity contribution in [3.05, 3.63) is 17.0 Å². The van der Waals surface area contributed by atoms with Gasteiger partial charge in [-0.15, -0.1) is 0 Å². The van der Waals surface area contributed by atoms with E-state index in [0.29, 0.717) is 19.4 Å². The Kier molecular flexibility index (Phi) is 4.65. The lowest BCUT2D eigenvalue weighted by Crippen LogP contribution is -2.45. The normalized spacial score (nSPS) is 18.1. The number of likely N-dealkylation sites (N-methyl/N-ethyl adjacent to an activating group) is 1. The fourth-order valence-electron chi connectivity index (χ4n) is 2.85. The van der Waals surface area contributed by atoms with Gasteiger partial charge >= 0.3 is 0 Å². The Labute approximate surface area is 125 Å². The van der Waals surface area contributed by atoms with E-state index in [9.17, 15) is 9.59 Å². The zero-order valence-corrected chi connectivity index (χ0v) is 13.2. The topological polar surface area (TPSA) is 66.7 Å². The maximum Gasteiger partial charge on any atom is 0.244 e. The molecule has 1 saturated heterocycles. The molecule has 1 aliphatic heterocycles. The molecule has 2 heterocycles. The van der Waals surface area contributed by atoms with Gasteiger partial charge in [0.15, 0.2) is 0 Å². The van der Waals surface area contributed by atoms with Gasteiger partial charge in [0.05, 0.1) is 5.69 Å². The molecule has 1 aromatic rings. The SMILES string of the molecule is Cc1noc(C)c1CCC(=O)N1CCCC1C(=O)N(C)C. The first-order chi connectivity index (χ1) is 9.91. The van der Waals surface area contributed by atoms with Crippen molar-refractivity contribution >= 4 is 11.8 Å². The molecule has 2 rings (SSSR count). The van der Waals surface area contributed by atoms with Crippen LogP contribution in [0.5, 0.6) is 0 Å². The van der Waals surface area contributed by atoms with E-state index >= 15 is 0 Å². The maximum atomic E-state index is 12.4. The Balaban J connectivity index is 1.98. The molecule has 0 bridgehead atoms. The molecule has 0 N–H and O–H groups in total. The van der Waals surface area contributed by atoms with Crippen LogP contribution in [0.4, 0.5) is 0 Å². The zero-order chi connectivity index (χ0) is 15.6. The molecule has 1 aliphatic rings. The second kappa shape index (κ2) is 6.28.